The van der Waals surface area contributed by atoms with Gasteiger partial charge >= 0.3 is 0 Å². The van der Waals surface area contributed by atoms with Crippen LogP contribution in [0.25, 0.3) is 11.3 Å². The van der Waals surface area contributed by atoms with Crippen molar-refractivity contribution < 1.29 is 0 Å². The Bertz CT molecular complexity index is 549. The third-order valence-electron chi connectivity index (χ3n) is 3.83. The smallest absolute Gasteiger partial charge is 0.123 e. The van der Waals surface area contributed by atoms with E-state index in [1.54, 1.807) is 0 Å². The van der Waals surface area contributed by atoms with Crippen molar-refractivity contribution in [3.63, 3.8) is 0 Å². The van der Waals surface area contributed by atoms with E-state index in [1.807, 2.05) is 42.6 Å². The van der Waals surface area contributed by atoms with E-state index < -0.39 is 0 Å². The molecule has 1 fully saturated rings. The topological polar surface area (TPSA) is 56.7 Å². The summed E-state index contributed by atoms with van der Waals surface area (Å²) in [7, 11) is 0. The highest BCUT2D eigenvalue weighted by atomic mass is 32.2. The fourth-order valence-corrected chi connectivity index (χ4v) is 3.55. The van der Waals surface area contributed by atoms with Crippen LogP contribution in [0.15, 0.2) is 30.9 Å². The van der Waals surface area contributed by atoms with Gasteiger partial charge in [0.25, 0.3) is 0 Å². The largest absolute Gasteiger partial charge is 0.384 e. The molecule has 2 N–H and O–H groups in total. The number of hydrogen-bond donors (Lipinski definition) is 1. The van der Waals surface area contributed by atoms with Crippen LogP contribution >= 0.6 is 11.8 Å². The van der Waals surface area contributed by atoms with Gasteiger partial charge in [0.2, 0.25) is 0 Å². The molecule has 1 saturated carbocycles. The van der Waals surface area contributed by atoms with Crippen molar-refractivity contribution in [3.8, 4) is 11.3 Å². The average Bonchev–Trinajstić information content (AvgIpc) is 3.07. The summed E-state index contributed by atoms with van der Waals surface area (Å²) in [4.78, 5) is 8.48. The molecule has 100 valence electrons. The Morgan fingerprint density at radius 2 is 2.21 bits per heavy atom. The maximum Gasteiger partial charge on any atom is 0.123 e. The van der Waals surface area contributed by atoms with Crippen molar-refractivity contribution in [2.75, 3.05) is 12.0 Å². The highest BCUT2D eigenvalue weighted by molar-refractivity contribution is 7.99. The summed E-state index contributed by atoms with van der Waals surface area (Å²) in [5.41, 5.74) is 7.86. The third-order valence-corrected chi connectivity index (χ3v) is 4.93. The van der Waals surface area contributed by atoms with Crippen LogP contribution in [0, 0.1) is 0 Å². The van der Waals surface area contributed by atoms with Crippen LogP contribution in [0.3, 0.4) is 0 Å². The van der Waals surface area contributed by atoms with E-state index in [2.05, 4.69) is 20.8 Å². The molecule has 19 heavy (non-hydrogen) atoms. The summed E-state index contributed by atoms with van der Waals surface area (Å²) >= 11 is 1.97. The van der Waals surface area contributed by atoms with Gasteiger partial charge in [-0.3, -0.25) is 0 Å². The molecule has 2 heterocycles. The van der Waals surface area contributed by atoms with Crippen LogP contribution in [-0.4, -0.2) is 26.0 Å². The summed E-state index contributed by atoms with van der Waals surface area (Å²) in [6, 6.07) is 4.41. The highest BCUT2D eigenvalue weighted by Crippen LogP contribution is 2.38. The van der Waals surface area contributed by atoms with Gasteiger partial charge in [-0.05, 0) is 37.7 Å². The first-order valence-corrected chi connectivity index (χ1v) is 7.83. The van der Waals surface area contributed by atoms with Crippen molar-refractivity contribution in [2.24, 2.45) is 0 Å². The molecule has 0 aromatic carbocycles. The Morgan fingerprint density at radius 3 is 2.89 bits per heavy atom. The molecule has 0 spiro atoms. The van der Waals surface area contributed by atoms with Crippen LogP contribution < -0.4 is 5.73 Å². The Kier molecular flexibility index (Phi) is 3.46. The minimum Gasteiger partial charge on any atom is -0.384 e. The molecule has 2 aromatic rings. The molecule has 1 aliphatic rings. The number of pyridine rings is 1. The zero-order valence-corrected chi connectivity index (χ0v) is 11.8. The van der Waals surface area contributed by atoms with Crippen LogP contribution in [0.1, 0.15) is 25.3 Å². The predicted octanol–water partition coefficient (Wildman–Crippen LogP) is 2.98. The Balaban J connectivity index is 1.88. The van der Waals surface area contributed by atoms with E-state index in [1.165, 1.54) is 19.3 Å². The van der Waals surface area contributed by atoms with Crippen molar-refractivity contribution in [1.29, 1.82) is 0 Å². The second kappa shape index (κ2) is 5.25. The molecule has 2 atom stereocenters. The molecule has 1 aliphatic carbocycles. The SMILES string of the molecule is CSC1CCC(n2cncc2-c2ccc(N)nc2)C1. The van der Waals surface area contributed by atoms with Crippen LogP contribution in [0.4, 0.5) is 5.82 Å². The summed E-state index contributed by atoms with van der Waals surface area (Å²) in [5, 5.41) is 0.782. The molecule has 5 heteroatoms. The van der Waals surface area contributed by atoms with Gasteiger partial charge < -0.3 is 10.3 Å². The van der Waals surface area contributed by atoms with E-state index >= 15 is 0 Å². The van der Waals surface area contributed by atoms with Gasteiger partial charge in [-0.15, -0.1) is 0 Å². The number of rotatable bonds is 3. The second-order valence-corrected chi connectivity index (χ2v) is 6.12. The normalized spacial score (nSPS) is 22.8. The lowest BCUT2D eigenvalue weighted by Gasteiger charge is -2.15. The molecule has 0 radical (unpaired) electrons. The number of hydrogen-bond acceptors (Lipinski definition) is 4. The summed E-state index contributed by atoms with van der Waals surface area (Å²) < 4.78 is 2.30. The average molecular weight is 274 g/mol. The highest BCUT2D eigenvalue weighted by Gasteiger charge is 2.26. The standard InChI is InChI=1S/C14H18N4S/c1-19-12-4-3-11(6-12)18-9-16-8-13(18)10-2-5-14(15)17-7-10/h2,5,7-9,11-12H,3-4,6H2,1H3,(H2,15,17). The predicted molar refractivity (Wildman–Crippen MR) is 80.1 cm³/mol. The van der Waals surface area contributed by atoms with E-state index in [0.29, 0.717) is 11.9 Å². The molecular formula is C14H18N4S. The third kappa shape index (κ3) is 2.47. The van der Waals surface area contributed by atoms with Crippen molar-refractivity contribution >= 4 is 17.6 Å². The molecule has 0 bridgehead atoms. The lowest BCUT2D eigenvalue weighted by Crippen LogP contribution is -2.06. The van der Waals surface area contributed by atoms with Gasteiger partial charge in [-0.1, -0.05) is 0 Å². The van der Waals surface area contributed by atoms with Crippen molar-refractivity contribution in [2.45, 2.75) is 30.6 Å². The molecule has 0 amide bonds. The van der Waals surface area contributed by atoms with Gasteiger partial charge in [0.15, 0.2) is 0 Å². The van der Waals surface area contributed by atoms with E-state index in [4.69, 9.17) is 5.73 Å². The minimum atomic E-state index is 0.554. The van der Waals surface area contributed by atoms with Gasteiger partial charge in [0.1, 0.15) is 5.82 Å². The van der Waals surface area contributed by atoms with Gasteiger partial charge in [-0.2, -0.15) is 11.8 Å². The molecule has 0 saturated heterocycles. The molecule has 2 unspecified atom stereocenters. The number of nitrogens with zero attached hydrogens (tertiary/aromatic N) is 3. The Morgan fingerprint density at radius 1 is 1.32 bits per heavy atom. The lowest BCUT2D eigenvalue weighted by atomic mass is 10.2. The maximum atomic E-state index is 5.64. The first-order chi connectivity index (χ1) is 9.28. The minimum absolute atomic E-state index is 0.554. The van der Waals surface area contributed by atoms with Crippen molar-refractivity contribution in [3.05, 3.63) is 30.9 Å². The number of aromatic nitrogens is 3. The van der Waals surface area contributed by atoms with Gasteiger partial charge in [0, 0.05) is 23.1 Å². The molecule has 0 aliphatic heterocycles. The summed E-state index contributed by atoms with van der Waals surface area (Å²) in [5.74, 6) is 0.554. The van der Waals surface area contributed by atoms with Gasteiger partial charge in [-0.25, -0.2) is 9.97 Å². The summed E-state index contributed by atoms with van der Waals surface area (Å²) in [6.07, 6.45) is 11.6. The van der Waals surface area contributed by atoms with Crippen LogP contribution in [-0.2, 0) is 0 Å². The van der Waals surface area contributed by atoms with E-state index in [-0.39, 0.29) is 0 Å². The molecule has 2 aromatic heterocycles. The van der Waals surface area contributed by atoms with Crippen molar-refractivity contribution in [1.82, 2.24) is 14.5 Å². The number of anilines is 1. The number of nitrogen functional groups attached to an aromatic ring is 1. The molecule has 4 nitrogen and oxygen atoms in total. The lowest BCUT2D eigenvalue weighted by molar-refractivity contribution is 0.524. The number of imidazole rings is 1. The monoisotopic (exact) mass is 274 g/mol. The Hall–Kier alpha value is -1.49. The Labute approximate surface area is 117 Å². The zero-order chi connectivity index (χ0) is 13.2. The first kappa shape index (κ1) is 12.5. The van der Waals surface area contributed by atoms with Crippen LogP contribution in [0.2, 0.25) is 0 Å². The van der Waals surface area contributed by atoms with E-state index in [0.717, 1.165) is 16.5 Å². The first-order valence-electron chi connectivity index (χ1n) is 6.54. The zero-order valence-electron chi connectivity index (χ0n) is 11.0. The quantitative estimate of drug-likeness (QED) is 0.935. The summed E-state index contributed by atoms with van der Waals surface area (Å²) in [6.45, 7) is 0. The number of nitrogens with two attached hydrogens (primary N) is 1. The fraction of sp³-hybridized carbons (Fsp3) is 0.429. The number of thioether (sulfide) groups is 1. The molecule has 3 rings (SSSR count). The fourth-order valence-electron chi connectivity index (χ4n) is 2.76. The maximum absolute atomic E-state index is 5.64. The van der Waals surface area contributed by atoms with Gasteiger partial charge in [0.05, 0.1) is 18.2 Å². The second-order valence-electron chi connectivity index (χ2n) is 4.98. The van der Waals surface area contributed by atoms with E-state index in [9.17, 15) is 0 Å². The van der Waals surface area contributed by atoms with Crippen LogP contribution in [0.5, 0.6) is 0 Å². The molecular weight excluding hydrogens is 256 g/mol.